The van der Waals surface area contributed by atoms with Gasteiger partial charge in [0.15, 0.2) is 0 Å². The van der Waals surface area contributed by atoms with E-state index in [1.54, 1.807) is 0 Å². The average Bonchev–Trinajstić information content (AvgIpc) is 2.27. The molecule has 0 radical (unpaired) electrons. The first kappa shape index (κ1) is 20.3. The van der Waals surface area contributed by atoms with E-state index in [2.05, 4.69) is 0 Å². The van der Waals surface area contributed by atoms with Crippen LogP contribution in [0, 0.1) is 27.2 Å². The van der Waals surface area contributed by atoms with Crippen molar-refractivity contribution in [2.75, 3.05) is 0 Å². The molecule has 116 valence electrons. The van der Waals surface area contributed by atoms with E-state index < -0.39 is 21.8 Å². The van der Waals surface area contributed by atoms with Gasteiger partial charge in [-0.1, -0.05) is 0 Å². The summed E-state index contributed by atoms with van der Waals surface area (Å²) in [5, 5.41) is 35.5. The van der Waals surface area contributed by atoms with Crippen molar-refractivity contribution in [1.82, 2.24) is 0 Å². The summed E-state index contributed by atoms with van der Waals surface area (Å²) in [6.07, 6.45) is 0. The summed E-state index contributed by atoms with van der Waals surface area (Å²) in [6, 6.07) is 3.55. The molecule has 0 aliphatic carbocycles. The third-order valence-corrected chi connectivity index (χ3v) is 1.60. The molecule has 0 aliphatic rings. The maximum absolute atomic E-state index is 10.4. The van der Waals surface area contributed by atoms with E-state index in [1.807, 2.05) is 0 Å². The zero-order valence-corrected chi connectivity index (χ0v) is 11.5. The molecule has 0 spiro atoms. The molecule has 0 fully saturated rings. The van der Waals surface area contributed by atoms with Crippen molar-refractivity contribution in [2.24, 2.45) is 0 Å². The van der Waals surface area contributed by atoms with E-state index in [1.165, 1.54) is 19.1 Å². The Kier molecular flexibility index (Phi) is 9.50. The minimum absolute atomic E-state index is 0.228. The lowest BCUT2D eigenvalue weighted by Gasteiger charge is -1.95. The van der Waals surface area contributed by atoms with Crippen LogP contribution in [0.2, 0.25) is 0 Å². The second-order valence-electron chi connectivity index (χ2n) is 3.52. The smallest absolute Gasteiger partial charge is 0.300 e. The highest BCUT2D eigenvalue weighted by molar-refractivity contribution is 5.63. The van der Waals surface area contributed by atoms with Crippen LogP contribution >= 0.6 is 0 Å². The molecule has 0 amide bonds. The zero-order valence-electron chi connectivity index (χ0n) is 11.5. The quantitative estimate of drug-likeness (QED) is 0.619. The molecule has 0 bridgehead atoms. The van der Waals surface area contributed by atoms with Crippen molar-refractivity contribution in [3.63, 3.8) is 0 Å². The second kappa shape index (κ2) is 9.83. The summed E-state index contributed by atoms with van der Waals surface area (Å²) >= 11 is 0. The lowest BCUT2D eigenvalue weighted by atomic mass is 10.2. The van der Waals surface area contributed by atoms with Gasteiger partial charge in [-0.05, 0) is 13.0 Å². The van der Waals surface area contributed by atoms with Crippen LogP contribution in [0.25, 0.3) is 0 Å². The van der Waals surface area contributed by atoms with Crippen LogP contribution in [0.5, 0.6) is 0 Å². The Morgan fingerprint density at radius 3 is 1.67 bits per heavy atom. The van der Waals surface area contributed by atoms with Gasteiger partial charge in [-0.25, -0.2) is 0 Å². The van der Waals surface area contributed by atoms with E-state index in [0.717, 1.165) is 19.9 Å². The summed E-state index contributed by atoms with van der Waals surface area (Å²) in [4.78, 5) is 37.4. The lowest BCUT2D eigenvalue weighted by molar-refractivity contribution is -0.394. The van der Waals surface area contributed by atoms with E-state index in [4.69, 9.17) is 19.8 Å². The van der Waals surface area contributed by atoms with Gasteiger partial charge in [0.2, 0.25) is 0 Å². The molecule has 1 aromatic rings. The van der Waals surface area contributed by atoms with Gasteiger partial charge in [0.1, 0.15) is 0 Å². The van der Waals surface area contributed by atoms with Crippen molar-refractivity contribution in [2.45, 2.75) is 20.8 Å². The Balaban J connectivity index is 0. The summed E-state index contributed by atoms with van der Waals surface area (Å²) in [5.74, 6) is -1.67. The topological polar surface area (TPSA) is 161 Å². The van der Waals surface area contributed by atoms with Crippen LogP contribution in [0.3, 0.4) is 0 Å². The largest absolute Gasteiger partial charge is 0.481 e. The van der Waals surface area contributed by atoms with Crippen molar-refractivity contribution in [3.05, 3.63) is 44.0 Å². The number of hydrogen-bond acceptors (Lipinski definition) is 6. The minimum Gasteiger partial charge on any atom is -0.481 e. The summed E-state index contributed by atoms with van der Waals surface area (Å²) in [7, 11) is 0. The van der Waals surface area contributed by atoms with Gasteiger partial charge in [0.05, 0.1) is 15.9 Å². The van der Waals surface area contributed by atoms with Crippen LogP contribution < -0.4 is 0 Å². The highest BCUT2D eigenvalue weighted by Gasteiger charge is 2.15. The Labute approximate surface area is 118 Å². The molecule has 10 heteroatoms. The fourth-order valence-electron chi connectivity index (χ4n) is 0.908. The number of aryl methyl sites for hydroxylation is 1. The van der Waals surface area contributed by atoms with Crippen LogP contribution in [-0.4, -0.2) is 32.0 Å². The summed E-state index contributed by atoms with van der Waals surface area (Å²) < 4.78 is 0. The Hall–Kier alpha value is -3.04. The van der Waals surface area contributed by atoms with Crippen molar-refractivity contribution in [1.29, 1.82) is 0 Å². The van der Waals surface area contributed by atoms with E-state index >= 15 is 0 Å². The fourth-order valence-corrected chi connectivity index (χ4v) is 0.908. The average molecular weight is 302 g/mol. The first-order valence-electron chi connectivity index (χ1n) is 5.27. The second-order valence-corrected chi connectivity index (χ2v) is 3.52. The zero-order chi connectivity index (χ0) is 17.2. The standard InChI is InChI=1S/C7H6N2O4.2C2H4O2/c1-5-2-3-6(8(10)11)4-7(5)9(12)13;2*1-2(3)4/h2-4H,1H3;2*1H3,(H,3,4). The number of nitro benzene ring substituents is 2. The fraction of sp³-hybridized carbons (Fsp3) is 0.273. The molecular formula is C11H14N2O8. The van der Waals surface area contributed by atoms with E-state index in [9.17, 15) is 20.2 Å². The number of hydrogen-bond donors (Lipinski definition) is 2. The monoisotopic (exact) mass is 302 g/mol. The number of carbonyl (C=O) groups is 2. The third-order valence-electron chi connectivity index (χ3n) is 1.60. The van der Waals surface area contributed by atoms with Crippen molar-refractivity contribution >= 4 is 23.3 Å². The third kappa shape index (κ3) is 11.8. The SMILES string of the molecule is CC(=O)O.CC(=O)O.Cc1ccc([N+](=O)[O-])cc1[N+](=O)[O-]. The summed E-state index contributed by atoms with van der Waals surface area (Å²) in [6.45, 7) is 3.70. The highest BCUT2D eigenvalue weighted by atomic mass is 16.6. The molecule has 1 aromatic carbocycles. The van der Waals surface area contributed by atoms with Gasteiger partial charge in [0, 0.05) is 25.5 Å². The van der Waals surface area contributed by atoms with Crippen molar-refractivity contribution in [3.8, 4) is 0 Å². The Morgan fingerprint density at radius 2 is 1.38 bits per heavy atom. The molecule has 1 rings (SSSR count). The molecule has 2 N–H and O–H groups in total. The number of nitrogens with zero attached hydrogens (tertiary/aromatic N) is 2. The van der Waals surface area contributed by atoms with Gasteiger partial charge in [-0.2, -0.15) is 0 Å². The van der Waals surface area contributed by atoms with Gasteiger partial charge >= 0.3 is 0 Å². The predicted molar refractivity (Wildman–Crippen MR) is 71.1 cm³/mol. The molecule has 0 aromatic heterocycles. The number of aliphatic carboxylic acids is 2. The molecule has 0 heterocycles. The van der Waals surface area contributed by atoms with E-state index in [0.29, 0.717) is 5.56 Å². The molecule has 0 saturated carbocycles. The number of carboxylic acid groups (broad SMARTS) is 2. The maximum Gasteiger partial charge on any atom is 0.300 e. The number of nitro groups is 2. The Bertz CT molecular complexity index is 521. The number of rotatable bonds is 2. The van der Waals surface area contributed by atoms with Crippen LogP contribution in [0.4, 0.5) is 11.4 Å². The number of benzene rings is 1. The molecule has 10 nitrogen and oxygen atoms in total. The number of non-ortho nitro benzene ring substituents is 1. The van der Waals surface area contributed by atoms with E-state index in [-0.39, 0.29) is 11.4 Å². The molecule has 0 aliphatic heterocycles. The van der Waals surface area contributed by atoms with Gasteiger partial charge in [0.25, 0.3) is 23.3 Å². The van der Waals surface area contributed by atoms with Crippen molar-refractivity contribution < 1.29 is 29.6 Å². The van der Waals surface area contributed by atoms with Crippen LogP contribution in [-0.2, 0) is 9.59 Å². The molecule has 0 atom stereocenters. The predicted octanol–water partition coefficient (Wildman–Crippen LogP) is 1.99. The Morgan fingerprint density at radius 1 is 1.00 bits per heavy atom. The molecule has 0 unspecified atom stereocenters. The number of carboxylic acids is 2. The molecule has 0 saturated heterocycles. The molecule has 21 heavy (non-hydrogen) atoms. The van der Waals surface area contributed by atoms with Crippen LogP contribution in [0.1, 0.15) is 19.4 Å². The van der Waals surface area contributed by atoms with Gasteiger partial charge < -0.3 is 10.2 Å². The maximum atomic E-state index is 10.4. The van der Waals surface area contributed by atoms with Gasteiger partial charge in [-0.3, -0.25) is 29.8 Å². The normalized spacial score (nSPS) is 8.33. The first-order valence-corrected chi connectivity index (χ1v) is 5.27. The van der Waals surface area contributed by atoms with Gasteiger partial charge in [-0.15, -0.1) is 0 Å². The van der Waals surface area contributed by atoms with Crippen LogP contribution in [0.15, 0.2) is 18.2 Å². The minimum atomic E-state index is -0.833. The molecular weight excluding hydrogens is 288 g/mol. The highest BCUT2D eigenvalue weighted by Crippen LogP contribution is 2.23. The lowest BCUT2D eigenvalue weighted by Crippen LogP contribution is -1.94. The first-order chi connectivity index (χ1) is 9.48. The summed E-state index contributed by atoms with van der Waals surface area (Å²) in [5.41, 5.74) is -0.0814.